The van der Waals surface area contributed by atoms with E-state index in [4.69, 9.17) is 8.85 Å². The van der Waals surface area contributed by atoms with Crippen LogP contribution in [0.3, 0.4) is 0 Å². The highest BCUT2D eigenvalue weighted by Gasteiger charge is 2.38. The van der Waals surface area contributed by atoms with Crippen molar-refractivity contribution in [2.24, 2.45) is 0 Å². The van der Waals surface area contributed by atoms with Gasteiger partial charge >= 0.3 is 8.80 Å². The smallest absolute Gasteiger partial charge is 0.390 e. The number of hydrogen-bond acceptors (Lipinski definition) is 3. The van der Waals surface area contributed by atoms with Crippen LogP contribution in [0.5, 0.6) is 0 Å². The predicted molar refractivity (Wildman–Crippen MR) is 93.8 cm³/mol. The van der Waals surface area contributed by atoms with E-state index in [9.17, 15) is 9.19 Å². The van der Waals surface area contributed by atoms with Crippen LogP contribution in [0.15, 0.2) is 24.3 Å². The van der Waals surface area contributed by atoms with Crippen LogP contribution in [-0.2, 0) is 15.3 Å². The minimum absolute atomic E-state index is 0.0242. The van der Waals surface area contributed by atoms with E-state index in [1.807, 2.05) is 39.8 Å². The van der Waals surface area contributed by atoms with Crippen molar-refractivity contribution in [3.8, 4) is 0 Å². The molecular formula is C18H31FO3Si. The summed E-state index contributed by atoms with van der Waals surface area (Å²) >= 11 is 0. The average Bonchev–Trinajstić information content (AvgIpc) is 2.42. The molecular weight excluding hydrogens is 311 g/mol. The van der Waals surface area contributed by atoms with Crippen molar-refractivity contribution < 1.29 is 18.0 Å². The average molecular weight is 343 g/mol. The molecule has 1 aromatic carbocycles. The van der Waals surface area contributed by atoms with Gasteiger partial charge in [0.25, 0.3) is 0 Å². The lowest BCUT2D eigenvalue weighted by molar-refractivity contribution is 0.0472. The number of halogens is 1. The highest BCUT2D eigenvalue weighted by atomic mass is 28.4. The van der Waals surface area contributed by atoms with Crippen molar-refractivity contribution >= 4 is 8.80 Å². The van der Waals surface area contributed by atoms with E-state index in [2.05, 4.69) is 0 Å². The molecule has 0 atom stereocenters. The van der Waals surface area contributed by atoms with Gasteiger partial charge in [0.2, 0.25) is 0 Å². The van der Waals surface area contributed by atoms with E-state index >= 15 is 0 Å². The number of aryl methyl sites for hydroxylation is 1. The zero-order valence-electron chi connectivity index (χ0n) is 14.8. The van der Waals surface area contributed by atoms with Crippen LogP contribution >= 0.6 is 0 Å². The molecule has 0 amide bonds. The molecule has 3 nitrogen and oxygen atoms in total. The van der Waals surface area contributed by atoms with Crippen LogP contribution in [0.2, 0.25) is 6.04 Å². The minimum atomic E-state index is -3.05. The summed E-state index contributed by atoms with van der Waals surface area (Å²) in [5.41, 5.74) is 1.17. The first-order valence-corrected chi connectivity index (χ1v) is 10.6. The minimum Gasteiger partial charge on any atom is -0.390 e. The SMILES string of the molecule is CC(C)O[Si](O)(CCCCCCc1ccc(F)cc1)OC(C)C. The molecule has 5 heteroatoms. The molecule has 23 heavy (non-hydrogen) atoms. The Morgan fingerprint density at radius 2 is 1.43 bits per heavy atom. The van der Waals surface area contributed by atoms with Crippen LogP contribution in [0.4, 0.5) is 4.39 Å². The van der Waals surface area contributed by atoms with Gasteiger partial charge < -0.3 is 13.6 Å². The maximum absolute atomic E-state index is 12.8. The van der Waals surface area contributed by atoms with Gasteiger partial charge in [0, 0.05) is 18.3 Å². The summed E-state index contributed by atoms with van der Waals surface area (Å²) in [6.07, 6.45) is 5.03. The van der Waals surface area contributed by atoms with Gasteiger partial charge in [-0.1, -0.05) is 25.0 Å². The lowest BCUT2D eigenvalue weighted by Crippen LogP contribution is -2.46. The third kappa shape index (κ3) is 9.20. The second-order valence-corrected chi connectivity index (χ2v) is 8.98. The summed E-state index contributed by atoms with van der Waals surface area (Å²) in [5, 5.41) is 0. The van der Waals surface area contributed by atoms with Gasteiger partial charge in [-0.3, -0.25) is 0 Å². The van der Waals surface area contributed by atoms with E-state index in [-0.39, 0.29) is 18.0 Å². The lowest BCUT2D eigenvalue weighted by atomic mass is 10.1. The molecule has 132 valence electrons. The van der Waals surface area contributed by atoms with Gasteiger partial charge in [0.15, 0.2) is 0 Å². The van der Waals surface area contributed by atoms with Crippen molar-refractivity contribution in [3.05, 3.63) is 35.6 Å². The second-order valence-electron chi connectivity index (χ2n) is 6.59. The number of unbranched alkanes of at least 4 members (excludes halogenated alkanes) is 3. The molecule has 0 saturated heterocycles. The fourth-order valence-corrected chi connectivity index (χ4v) is 5.03. The molecule has 0 aliphatic heterocycles. The van der Waals surface area contributed by atoms with Crippen LogP contribution in [0.1, 0.15) is 58.9 Å². The van der Waals surface area contributed by atoms with Crippen LogP contribution in [0.25, 0.3) is 0 Å². The zero-order chi connectivity index (χ0) is 17.3. The van der Waals surface area contributed by atoms with Gasteiger partial charge in [0.05, 0.1) is 0 Å². The Morgan fingerprint density at radius 3 is 1.96 bits per heavy atom. The van der Waals surface area contributed by atoms with E-state index in [1.165, 1.54) is 17.7 Å². The van der Waals surface area contributed by atoms with Crippen LogP contribution in [0, 0.1) is 5.82 Å². The highest BCUT2D eigenvalue weighted by Crippen LogP contribution is 2.20. The normalized spacial score (nSPS) is 12.3. The van der Waals surface area contributed by atoms with Gasteiger partial charge in [-0.25, -0.2) is 4.39 Å². The van der Waals surface area contributed by atoms with Crippen molar-refractivity contribution in [1.82, 2.24) is 0 Å². The summed E-state index contributed by atoms with van der Waals surface area (Å²) in [6, 6.07) is 7.31. The van der Waals surface area contributed by atoms with E-state index in [0.29, 0.717) is 6.04 Å². The Kier molecular flexibility index (Phi) is 8.98. The van der Waals surface area contributed by atoms with Gasteiger partial charge in [-0.05, 0) is 64.7 Å². The monoisotopic (exact) mass is 342 g/mol. The van der Waals surface area contributed by atoms with Gasteiger partial charge in [-0.15, -0.1) is 0 Å². The van der Waals surface area contributed by atoms with Crippen molar-refractivity contribution in [3.63, 3.8) is 0 Å². The molecule has 1 aromatic rings. The Labute approximate surface area is 141 Å². The van der Waals surface area contributed by atoms with Gasteiger partial charge in [0.1, 0.15) is 5.82 Å². The summed E-state index contributed by atoms with van der Waals surface area (Å²) in [5.74, 6) is -0.187. The molecule has 0 aliphatic rings. The molecule has 0 aliphatic carbocycles. The molecule has 0 fully saturated rings. The molecule has 0 aromatic heterocycles. The molecule has 0 bridgehead atoms. The standard InChI is InChI=1S/C18H31FO3Si/c1-15(2)21-23(20,22-16(3)4)14-8-6-5-7-9-17-10-12-18(19)13-11-17/h10-13,15-16,20H,5-9,14H2,1-4H3. The largest absolute Gasteiger partial charge is 0.498 e. The first kappa shape index (κ1) is 20.3. The van der Waals surface area contributed by atoms with E-state index < -0.39 is 8.80 Å². The molecule has 0 saturated carbocycles. The molecule has 1 N–H and O–H groups in total. The first-order chi connectivity index (χ1) is 10.8. The zero-order valence-corrected chi connectivity index (χ0v) is 15.8. The Morgan fingerprint density at radius 1 is 0.913 bits per heavy atom. The predicted octanol–water partition coefficient (Wildman–Crippen LogP) is 4.71. The fraction of sp³-hybridized carbons (Fsp3) is 0.667. The number of benzene rings is 1. The Bertz CT molecular complexity index is 424. The number of rotatable bonds is 11. The second kappa shape index (κ2) is 10.2. The maximum atomic E-state index is 12.8. The van der Waals surface area contributed by atoms with Crippen molar-refractivity contribution in [2.75, 3.05) is 0 Å². The quantitative estimate of drug-likeness (QED) is 0.467. The summed E-state index contributed by atoms with van der Waals surface area (Å²) in [4.78, 5) is 10.6. The van der Waals surface area contributed by atoms with Gasteiger partial charge in [-0.2, -0.15) is 0 Å². The Balaban J connectivity index is 2.24. The van der Waals surface area contributed by atoms with E-state index in [0.717, 1.165) is 32.1 Å². The van der Waals surface area contributed by atoms with Crippen LogP contribution in [-0.4, -0.2) is 25.8 Å². The third-order valence-corrected chi connectivity index (χ3v) is 6.13. The lowest BCUT2D eigenvalue weighted by Gasteiger charge is -2.28. The number of hydrogen-bond donors (Lipinski definition) is 1. The maximum Gasteiger partial charge on any atom is 0.498 e. The van der Waals surface area contributed by atoms with Crippen molar-refractivity contribution in [2.45, 2.75) is 78.1 Å². The summed E-state index contributed by atoms with van der Waals surface area (Å²) < 4.78 is 24.2. The molecule has 1 rings (SSSR count). The summed E-state index contributed by atoms with van der Waals surface area (Å²) in [7, 11) is -3.05. The summed E-state index contributed by atoms with van der Waals surface area (Å²) in [6.45, 7) is 7.68. The van der Waals surface area contributed by atoms with Crippen LogP contribution < -0.4 is 0 Å². The Hall–Kier alpha value is -0.753. The molecule has 0 unspecified atom stereocenters. The highest BCUT2D eigenvalue weighted by molar-refractivity contribution is 6.59. The molecule has 0 heterocycles. The first-order valence-electron chi connectivity index (χ1n) is 8.63. The topological polar surface area (TPSA) is 38.7 Å². The van der Waals surface area contributed by atoms with Crippen molar-refractivity contribution in [1.29, 1.82) is 0 Å². The van der Waals surface area contributed by atoms with E-state index in [1.54, 1.807) is 0 Å². The molecule has 0 spiro atoms. The fourth-order valence-electron chi connectivity index (χ4n) is 2.56. The third-order valence-electron chi connectivity index (χ3n) is 3.46. The molecule has 0 radical (unpaired) electrons.